The molecule has 0 bridgehead atoms. The second-order valence-corrected chi connectivity index (χ2v) is 5.96. The maximum atomic E-state index is 13.8. The van der Waals surface area contributed by atoms with Crippen molar-refractivity contribution in [3.8, 4) is 0 Å². The van der Waals surface area contributed by atoms with Crippen molar-refractivity contribution in [2.24, 2.45) is 0 Å². The molecule has 9 heteroatoms. The van der Waals surface area contributed by atoms with Gasteiger partial charge in [0.2, 0.25) is 0 Å². The average molecular weight is 331 g/mol. The molecule has 2 aromatic rings. The molecule has 0 unspecified atom stereocenters. The Balaban J connectivity index is 2.38. The Morgan fingerprint density at radius 3 is 2.57 bits per heavy atom. The standard InChI is InChI=1S/C12H8ClFN2O4S/c13-11-6-8(3-4-15-11)16-21(19,20)10-2-1-7(12(17)18)5-9(10)14/h1-6H,(H,15,16)(H,17,18). The van der Waals surface area contributed by atoms with E-state index in [4.69, 9.17) is 16.7 Å². The van der Waals surface area contributed by atoms with Crippen LogP contribution in [0, 0.1) is 5.82 Å². The van der Waals surface area contributed by atoms with Crippen LogP contribution in [-0.4, -0.2) is 24.5 Å². The molecule has 21 heavy (non-hydrogen) atoms. The molecular formula is C12H8ClFN2O4S. The van der Waals surface area contributed by atoms with E-state index in [1.54, 1.807) is 0 Å². The minimum atomic E-state index is -4.21. The highest BCUT2D eigenvalue weighted by atomic mass is 35.5. The van der Waals surface area contributed by atoms with Crippen molar-refractivity contribution in [1.29, 1.82) is 0 Å². The van der Waals surface area contributed by atoms with Gasteiger partial charge in [-0.1, -0.05) is 11.6 Å². The van der Waals surface area contributed by atoms with Crippen molar-refractivity contribution in [1.82, 2.24) is 4.98 Å². The van der Waals surface area contributed by atoms with Gasteiger partial charge in [0, 0.05) is 6.20 Å². The molecule has 110 valence electrons. The first-order chi connectivity index (χ1) is 9.79. The van der Waals surface area contributed by atoms with Crippen LogP contribution in [0.2, 0.25) is 5.15 Å². The van der Waals surface area contributed by atoms with Gasteiger partial charge in [0.05, 0.1) is 11.3 Å². The van der Waals surface area contributed by atoms with E-state index in [1.807, 2.05) is 0 Å². The molecule has 1 heterocycles. The van der Waals surface area contributed by atoms with E-state index in [0.717, 1.165) is 12.1 Å². The fourth-order valence-electron chi connectivity index (χ4n) is 1.53. The lowest BCUT2D eigenvalue weighted by atomic mass is 10.2. The third kappa shape index (κ3) is 3.47. The summed E-state index contributed by atoms with van der Waals surface area (Å²) in [4.78, 5) is 13.7. The molecule has 0 amide bonds. The van der Waals surface area contributed by atoms with E-state index in [0.29, 0.717) is 6.07 Å². The predicted molar refractivity (Wildman–Crippen MR) is 73.4 cm³/mol. The van der Waals surface area contributed by atoms with E-state index in [1.165, 1.54) is 18.3 Å². The van der Waals surface area contributed by atoms with Crippen molar-refractivity contribution in [3.05, 3.63) is 53.1 Å². The molecule has 1 aromatic carbocycles. The number of anilines is 1. The van der Waals surface area contributed by atoms with Crippen molar-refractivity contribution < 1.29 is 22.7 Å². The van der Waals surface area contributed by atoms with E-state index in [2.05, 4.69) is 9.71 Å². The van der Waals surface area contributed by atoms with E-state index in [9.17, 15) is 17.6 Å². The number of rotatable bonds is 4. The van der Waals surface area contributed by atoms with Gasteiger partial charge in [0.1, 0.15) is 15.9 Å². The molecule has 0 fully saturated rings. The number of carboxylic acid groups (broad SMARTS) is 1. The topological polar surface area (TPSA) is 96.4 Å². The summed E-state index contributed by atoms with van der Waals surface area (Å²) in [6.45, 7) is 0. The third-order valence-corrected chi connectivity index (χ3v) is 4.07. The number of sulfonamides is 1. The quantitative estimate of drug-likeness (QED) is 0.839. The van der Waals surface area contributed by atoms with Crippen molar-refractivity contribution in [3.63, 3.8) is 0 Å². The van der Waals surface area contributed by atoms with Crippen LogP contribution < -0.4 is 4.72 Å². The van der Waals surface area contributed by atoms with Gasteiger partial charge < -0.3 is 5.11 Å². The zero-order chi connectivity index (χ0) is 15.6. The van der Waals surface area contributed by atoms with Gasteiger partial charge in [0.15, 0.2) is 0 Å². The van der Waals surface area contributed by atoms with Gasteiger partial charge in [0.25, 0.3) is 10.0 Å². The van der Waals surface area contributed by atoms with Gasteiger partial charge in [-0.15, -0.1) is 0 Å². The summed E-state index contributed by atoms with van der Waals surface area (Å²) in [5.41, 5.74) is -0.241. The largest absolute Gasteiger partial charge is 0.478 e. The second kappa shape index (κ2) is 5.66. The number of aromatic carboxylic acids is 1. The molecule has 0 saturated heterocycles. The number of hydrogen-bond donors (Lipinski definition) is 2. The SMILES string of the molecule is O=C(O)c1ccc(S(=O)(=O)Nc2ccnc(Cl)c2)c(F)c1. The molecule has 0 aliphatic heterocycles. The minimum Gasteiger partial charge on any atom is -0.478 e. The van der Waals surface area contributed by atoms with Crippen LogP contribution in [0.15, 0.2) is 41.4 Å². The number of pyridine rings is 1. The lowest BCUT2D eigenvalue weighted by Gasteiger charge is -2.09. The van der Waals surface area contributed by atoms with Crippen molar-refractivity contribution in [2.75, 3.05) is 4.72 Å². The molecule has 0 atom stereocenters. The zero-order valence-corrected chi connectivity index (χ0v) is 11.8. The summed E-state index contributed by atoms with van der Waals surface area (Å²) in [6, 6.07) is 5.11. The summed E-state index contributed by atoms with van der Waals surface area (Å²) in [6.07, 6.45) is 1.28. The molecule has 1 aromatic heterocycles. The molecule has 0 saturated carbocycles. The first-order valence-electron chi connectivity index (χ1n) is 5.47. The number of nitrogens with zero attached hydrogens (tertiary/aromatic N) is 1. The summed E-state index contributed by atoms with van der Waals surface area (Å²) in [5.74, 6) is -2.52. The number of halogens is 2. The Labute approximate surface area is 124 Å². The fourth-order valence-corrected chi connectivity index (χ4v) is 2.81. The summed E-state index contributed by atoms with van der Waals surface area (Å²) in [7, 11) is -4.21. The van der Waals surface area contributed by atoms with Crippen LogP contribution in [-0.2, 0) is 10.0 Å². The average Bonchev–Trinajstić information content (AvgIpc) is 2.37. The zero-order valence-electron chi connectivity index (χ0n) is 10.2. The van der Waals surface area contributed by atoms with Crippen LogP contribution >= 0.6 is 11.6 Å². The fraction of sp³-hybridized carbons (Fsp3) is 0. The first kappa shape index (κ1) is 15.2. The number of nitrogens with one attached hydrogen (secondary N) is 1. The molecule has 0 radical (unpaired) electrons. The summed E-state index contributed by atoms with van der Waals surface area (Å²) >= 11 is 5.62. The Morgan fingerprint density at radius 1 is 1.29 bits per heavy atom. The lowest BCUT2D eigenvalue weighted by Crippen LogP contribution is -2.15. The maximum Gasteiger partial charge on any atom is 0.335 e. The molecule has 2 N–H and O–H groups in total. The van der Waals surface area contributed by atoms with Gasteiger partial charge >= 0.3 is 5.97 Å². The smallest absolute Gasteiger partial charge is 0.335 e. The van der Waals surface area contributed by atoms with Gasteiger partial charge in [-0.3, -0.25) is 4.72 Å². The molecule has 2 rings (SSSR count). The first-order valence-corrected chi connectivity index (χ1v) is 7.33. The molecule has 6 nitrogen and oxygen atoms in total. The summed E-state index contributed by atoms with van der Waals surface area (Å²) < 4.78 is 40.0. The molecule has 0 aliphatic carbocycles. The number of benzene rings is 1. The highest BCUT2D eigenvalue weighted by molar-refractivity contribution is 7.92. The Hall–Kier alpha value is -2.19. The highest BCUT2D eigenvalue weighted by Gasteiger charge is 2.20. The minimum absolute atomic E-state index is 0.0666. The maximum absolute atomic E-state index is 13.8. The predicted octanol–water partition coefficient (Wildman–Crippen LogP) is 2.37. The normalized spacial score (nSPS) is 11.1. The highest BCUT2D eigenvalue weighted by Crippen LogP contribution is 2.21. The third-order valence-electron chi connectivity index (χ3n) is 2.45. The van der Waals surface area contributed by atoms with Crippen LogP contribution in [0.5, 0.6) is 0 Å². The summed E-state index contributed by atoms with van der Waals surface area (Å²) in [5, 5.41) is 8.78. The monoisotopic (exact) mass is 330 g/mol. The Kier molecular flexibility index (Phi) is 4.10. The molecule has 0 aliphatic rings. The molecule has 0 spiro atoms. The number of hydrogen-bond acceptors (Lipinski definition) is 4. The Bertz CT molecular complexity index is 811. The Morgan fingerprint density at radius 2 is 2.00 bits per heavy atom. The van der Waals surface area contributed by atoms with Gasteiger partial charge in [-0.05, 0) is 30.3 Å². The second-order valence-electron chi connectivity index (χ2n) is 3.92. The van der Waals surface area contributed by atoms with E-state index in [-0.39, 0.29) is 16.4 Å². The van der Waals surface area contributed by atoms with Gasteiger partial charge in [-0.2, -0.15) is 0 Å². The van der Waals surface area contributed by atoms with Crippen LogP contribution in [0.1, 0.15) is 10.4 Å². The van der Waals surface area contributed by atoms with E-state index >= 15 is 0 Å². The van der Waals surface area contributed by atoms with Crippen LogP contribution in [0.25, 0.3) is 0 Å². The van der Waals surface area contributed by atoms with Crippen molar-refractivity contribution >= 4 is 33.3 Å². The number of carbonyl (C=O) groups is 1. The van der Waals surface area contributed by atoms with Crippen molar-refractivity contribution in [2.45, 2.75) is 4.90 Å². The van der Waals surface area contributed by atoms with Crippen LogP contribution in [0.4, 0.5) is 10.1 Å². The van der Waals surface area contributed by atoms with Gasteiger partial charge in [-0.25, -0.2) is 22.6 Å². The number of carboxylic acids is 1. The van der Waals surface area contributed by atoms with Crippen LogP contribution in [0.3, 0.4) is 0 Å². The lowest BCUT2D eigenvalue weighted by molar-refractivity contribution is 0.0696. The van der Waals surface area contributed by atoms with E-state index < -0.39 is 26.7 Å². The number of aromatic nitrogens is 1. The molecular weight excluding hydrogens is 323 g/mol.